The molecular weight excluding hydrogens is 358 g/mol. The van der Waals surface area contributed by atoms with Crippen molar-refractivity contribution in [3.05, 3.63) is 0 Å². The Bertz CT molecular complexity index is 649. The first-order valence-corrected chi connectivity index (χ1v) is 11.2. The first-order valence-electron chi connectivity index (χ1n) is 9.43. The topological polar surface area (TPSA) is 87.2 Å². The number of likely N-dealkylation sites (tertiary alicyclic amines) is 1. The molecule has 2 amide bonds. The molecule has 1 aliphatic carbocycles. The van der Waals surface area contributed by atoms with Crippen molar-refractivity contribution in [2.75, 3.05) is 39.0 Å². The van der Waals surface area contributed by atoms with Crippen LogP contribution in [0.2, 0.25) is 0 Å². The van der Waals surface area contributed by atoms with Crippen LogP contribution < -0.4 is 0 Å². The molecule has 2 aliphatic heterocycles. The van der Waals surface area contributed by atoms with E-state index in [9.17, 15) is 18.0 Å². The molecule has 0 radical (unpaired) electrons. The Labute approximate surface area is 155 Å². The summed E-state index contributed by atoms with van der Waals surface area (Å²) in [6.07, 6.45) is 5.29. The van der Waals surface area contributed by atoms with Crippen LogP contribution in [-0.2, 0) is 23.9 Å². The summed E-state index contributed by atoms with van der Waals surface area (Å²) in [7, 11) is -3.62. The zero-order chi connectivity index (χ0) is 18.9. The quantitative estimate of drug-likeness (QED) is 0.633. The molecule has 3 rings (SSSR count). The molecule has 2 atom stereocenters. The third-order valence-corrected chi connectivity index (χ3v) is 6.32. The highest BCUT2D eigenvalue weighted by atomic mass is 32.2. The summed E-state index contributed by atoms with van der Waals surface area (Å²) < 4.78 is 27.8. The Balaban J connectivity index is 1.63. The second kappa shape index (κ2) is 7.82. The van der Waals surface area contributed by atoms with Gasteiger partial charge < -0.3 is 9.80 Å². The lowest BCUT2D eigenvalue weighted by atomic mass is 9.91. The smallest absolute Gasteiger partial charge is 0.264 e. The number of hydrogen-bond acceptors (Lipinski definition) is 6. The average molecular weight is 388 g/mol. The van der Waals surface area contributed by atoms with Crippen LogP contribution in [0.25, 0.3) is 0 Å². The number of carbonyl (C=O) groups is 2. The molecule has 0 aromatic carbocycles. The van der Waals surface area contributed by atoms with E-state index in [1.54, 1.807) is 0 Å². The molecule has 0 bridgehead atoms. The van der Waals surface area contributed by atoms with Crippen molar-refractivity contribution in [3.63, 3.8) is 0 Å². The van der Waals surface area contributed by atoms with Gasteiger partial charge >= 0.3 is 0 Å². The molecule has 1 saturated carbocycles. The molecule has 26 heavy (non-hydrogen) atoms. The fourth-order valence-corrected chi connectivity index (χ4v) is 4.82. The lowest BCUT2D eigenvalue weighted by Gasteiger charge is -2.36. The van der Waals surface area contributed by atoms with Crippen LogP contribution in [0, 0.1) is 0 Å². The highest BCUT2D eigenvalue weighted by Gasteiger charge is 2.42. The van der Waals surface area contributed by atoms with E-state index in [0.717, 1.165) is 25.8 Å². The minimum atomic E-state index is -3.62. The Kier molecular flexibility index (Phi) is 5.88. The molecule has 3 fully saturated rings. The van der Waals surface area contributed by atoms with Gasteiger partial charge in [0.15, 0.2) is 0 Å². The third-order valence-electron chi connectivity index (χ3n) is 5.70. The van der Waals surface area contributed by atoms with Crippen LogP contribution in [-0.4, -0.2) is 92.1 Å². The van der Waals surface area contributed by atoms with Crippen LogP contribution in [0.15, 0.2) is 0 Å². The maximum Gasteiger partial charge on any atom is 0.264 e. The second-order valence-electron chi connectivity index (χ2n) is 7.64. The van der Waals surface area contributed by atoms with E-state index in [-0.39, 0.29) is 24.8 Å². The predicted octanol–water partition coefficient (Wildman–Crippen LogP) is 0.0388. The van der Waals surface area contributed by atoms with Gasteiger partial charge in [0.25, 0.3) is 10.1 Å². The van der Waals surface area contributed by atoms with Crippen molar-refractivity contribution >= 4 is 21.9 Å². The Morgan fingerprint density at radius 1 is 1.04 bits per heavy atom. The molecular formula is C17H29N3O5S. The molecule has 2 saturated heterocycles. The molecule has 0 aromatic rings. The van der Waals surface area contributed by atoms with Gasteiger partial charge in [0.2, 0.25) is 11.8 Å². The van der Waals surface area contributed by atoms with E-state index >= 15 is 0 Å². The van der Waals surface area contributed by atoms with Crippen LogP contribution in [0.3, 0.4) is 0 Å². The van der Waals surface area contributed by atoms with Gasteiger partial charge in [-0.1, -0.05) is 6.42 Å². The third kappa shape index (κ3) is 4.55. The number of carbonyl (C=O) groups excluding carboxylic acids is 2. The molecule has 2 heterocycles. The monoisotopic (exact) mass is 387 g/mol. The van der Waals surface area contributed by atoms with Gasteiger partial charge in [-0.15, -0.1) is 0 Å². The van der Waals surface area contributed by atoms with E-state index in [2.05, 4.69) is 4.90 Å². The summed E-state index contributed by atoms with van der Waals surface area (Å²) in [6.45, 7) is 4.77. The van der Waals surface area contributed by atoms with Crippen molar-refractivity contribution in [1.29, 1.82) is 0 Å². The number of hydrogen-bond donors (Lipinski definition) is 0. The summed E-state index contributed by atoms with van der Waals surface area (Å²) in [6, 6.07) is 0.0345. The maximum atomic E-state index is 13.0. The first kappa shape index (κ1) is 19.6. The predicted molar refractivity (Wildman–Crippen MR) is 95.9 cm³/mol. The van der Waals surface area contributed by atoms with E-state index in [0.29, 0.717) is 19.1 Å². The van der Waals surface area contributed by atoms with E-state index in [4.69, 9.17) is 4.18 Å². The molecule has 9 heteroatoms. The van der Waals surface area contributed by atoms with Crippen molar-refractivity contribution in [3.8, 4) is 0 Å². The zero-order valence-corrected chi connectivity index (χ0v) is 16.4. The van der Waals surface area contributed by atoms with Crippen LogP contribution in [0.1, 0.15) is 39.0 Å². The fraction of sp³-hybridized carbons (Fsp3) is 0.882. The van der Waals surface area contributed by atoms with Crippen molar-refractivity contribution in [1.82, 2.24) is 14.7 Å². The van der Waals surface area contributed by atoms with Crippen molar-refractivity contribution < 1.29 is 22.2 Å². The van der Waals surface area contributed by atoms with Gasteiger partial charge in [0.05, 0.1) is 12.4 Å². The number of amides is 2. The van der Waals surface area contributed by atoms with Crippen LogP contribution in [0.5, 0.6) is 0 Å². The first-order chi connectivity index (χ1) is 12.2. The average Bonchev–Trinajstić information content (AvgIpc) is 2.74. The lowest BCUT2D eigenvalue weighted by Crippen LogP contribution is -2.48. The summed E-state index contributed by atoms with van der Waals surface area (Å²) in [4.78, 5) is 30.8. The fourth-order valence-electron chi connectivity index (χ4n) is 4.18. The largest absolute Gasteiger partial charge is 0.340 e. The molecule has 3 aliphatic rings. The van der Waals surface area contributed by atoms with Gasteiger partial charge in [0.1, 0.15) is 6.04 Å². The maximum absolute atomic E-state index is 13.0. The zero-order valence-electron chi connectivity index (χ0n) is 15.6. The Hall–Kier alpha value is -1.19. The number of nitrogens with zero attached hydrogens (tertiary/aromatic N) is 3. The Morgan fingerprint density at radius 2 is 1.77 bits per heavy atom. The highest BCUT2D eigenvalue weighted by Crippen LogP contribution is 2.27. The summed E-state index contributed by atoms with van der Waals surface area (Å²) >= 11 is 0. The number of rotatable bonds is 4. The summed E-state index contributed by atoms with van der Waals surface area (Å²) in [5.41, 5.74) is 0. The Morgan fingerprint density at radius 3 is 2.35 bits per heavy atom. The molecule has 0 spiro atoms. The summed E-state index contributed by atoms with van der Waals surface area (Å²) in [5, 5.41) is 0. The van der Waals surface area contributed by atoms with E-state index in [1.807, 2.05) is 4.90 Å². The van der Waals surface area contributed by atoms with Gasteiger partial charge in [-0.2, -0.15) is 8.42 Å². The standard InChI is InChI=1S/C17H29N3O5S/c1-13(21)20-12-15(25-26(2,23)24)11-16(20)17(22)19-8-4-7-18(9-10-19)14-5-3-6-14/h14-16H,3-12H2,1-2H3/t15-,16-/m1/s1. The molecule has 0 unspecified atom stereocenters. The highest BCUT2D eigenvalue weighted by molar-refractivity contribution is 7.86. The van der Waals surface area contributed by atoms with E-state index in [1.165, 1.54) is 31.1 Å². The van der Waals surface area contributed by atoms with Gasteiger partial charge in [0, 0.05) is 52.1 Å². The van der Waals surface area contributed by atoms with E-state index < -0.39 is 22.3 Å². The SMILES string of the molecule is CC(=O)N1C[C@H](OS(C)(=O)=O)C[C@@H]1C(=O)N1CCCN(C2CCC2)CC1. The van der Waals surface area contributed by atoms with Gasteiger partial charge in [-0.05, 0) is 19.3 Å². The minimum Gasteiger partial charge on any atom is -0.340 e. The molecule has 148 valence electrons. The molecule has 8 nitrogen and oxygen atoms in total. The summed E-state index contributed by atoms with van der Waals surface area (Å²) in [5.74, 6) is -0.316. The van der Waals surface area contributed by atoms with Gasteiger partial charge in [-0.3, -0.25) is 18.7 Å². The lowest BCUT2D eigenvalue weighted by molar-refractivity contribution is -0.142. The van der Waals surface area contributed by atoms with Crippen molar-refractivity contribution in [2.24, 2.45) is 0 Å². The van der Waals surface area contributed by atoms with Crippen LogP contribution in [0.4, 0.5) is 0 Å². The van der Waals surface area contributed by atoms with Crippen LogP contribution >= 0.6 is 0 Å². The molecule has 0 aromatic heterocycles. The minimum absolute atomic E-state index is 0.0877. The van der Waals surface area contributed by atoms with Crippen molar-refractivity contribution in [2.45, 2.75) is 57.2 Å². The molecule has 0 N–H and O–H groups in total. The normalized spacial score (nSPS) is 28.7. The second-order valence-corrected chi connectivity index (χ2v) is 9.25. The van der Waals surface area contributed by atoms with Gasteiger partial charge in [-0.25, -0.2) is 0 Å².